The predicted octanol–water partition coefficient (Wildman–Crippen LogP) is 4.59. The molecule has 0 bridgehead atoms. The summed E-state index contributed by atoms with van der Waals surface area (Å²) < 4.78 is 18.3. The largest absolute Gasteiger partial charge is 0.497 e. The van der Waals surface area contributed by atoms with E-state index < -0.39 is 0 Å². The lowest BCUT2D eigenvalue weighted by molar-refractivity contribution is 0.414. The summed E-state index contributed by atoms with van der Waals surface area (Å²) in [5.74, 6) is 0.525. The molecule has 20 heavy (non-hydrogen) atoms. The first-order valence-corrected chi connectivity index (χ1v) is 6.93. The van der Waals surface area contributed by atoms with Crippen molar-refractivity contribution in [2.45, 2.75) is 18.9 Å². The van der Waals surface area contributed by atoms with Crippen LogP contribution in [0.5, 0.6) is 5.75 Å². The van der Waals surface area contributed by atoms with Crippen molar-refractivity contribution in [1.29, 1.82) is 0 Å². The van der Waals surface area contributed by atoms with Crippen molar-refractivity contribution in [2.24, 2.45) is 0 Å². The van der Waals surface area contributed by atoms with E-state index >= 15 is 0 Å². The Morgan fingerprint density at radius 2 is 2.10 bits per heavy atom. The highest BCUT2D eigenvalue weighted by Crippen LogP contribution is 2.37. The second-order valence-electron chi connectivity index (χ2n) is 4.92. The van der Waals surface area contributed by atoms with Crippen LogP contribution in [0.4, 0.5) is 10.1 Å². The van der Waals surface area contributed by atoms with Gasteiger partial charge in [0.1, 0.15) is 11.6 Å². The van der Waals surface area contributed by atoms with E-state index in [2.05, 4.69) is 17.4 Å². The van der Waals surface area contributed by atoms with Gasteiger partial charge >= 0.3 is 0 Å². The minimum atomic E-state index is -0.325. The quantitative estimate of drug-likeness (QED) is 0.893. The molecule has 1 aliphatic rings. The third-order valence-electron chi connectivity index (χ3n) is 3.69. The molecule has 0 aromatic heterocycles. The third-order valence-corrected chi connectivity index (χ3v) is 4.00. The Hall–Kier alpha value is -1.74. The first-order chi connectivity index (χ1) is 9.67. The standard InChI is InChI=1S/C16H15ClFNO/c1-20-12-5-2-10-3-6-15(13(10)9-12)19-16-7-4-11(18)8-14(16)17/h2,4-5,7-9,15,19H,3,6H2,1H3. The van der Waals surface area contributed by atoms with Gasteiger partial charge in [-0.25, -0.2) is 4.39 Å². The van der Waals surface area contributed by atoms with Crippen molar-refractivity contribution in [3.63, 3.8) is 0 Å². The third kappa shape index (κ3) is 2.46. The minimum absolute atomic E-state index is 0.183. The zero-order chi connectivity index (χ0) is 14.1. The molecule has 0 spiro atoms. The van der Waals surface area contributed by atoms with Crippen LogP contribution in [0.15, 0.2) is 36.4 Å². The van der Waals surface area contributed by atoms with E-state index in [1.54, 1.807) is 13.2 Å². The van der Waals surface area contributed by atoms with E-state index in [1.165, 1.54) is 23.3 Å². The molecule has 0 fully saturated rings. The molecule has 0 saturated carbocycles. The average molecular weight is 292 g/mol. The van der Waals surface area contributed by atoms with Gasteiger partial charge < -0.3 is 10.1 Å². The van der Waals surface area contributed by atoms with Gasteiger partial charge in [0.05, 0.1) is 23.9 Å². The highest BCUT2D eigenvalue weighted by Gasteiger charge is 2.23. The molecular formula is C16H15ClFNO. The van der Waals surface area contributed by atoms with E-state index in [1.807, 2.05) is 6.07 Å². The molecule has 0 radical (unpaired) electrons. The van der Waals surface area contributed by atoms with Crippen molar-refractivity contribution in [2.75, 3.05) is 12.4 Å². The Labute approximate surface area is 122 Å². The smallest absolute Gasteiger partial charge is 0.124 e. The summed E-state index contributed by atoms with van der Waals surface area (Å²) in [6.45, 7) is 0. The Balaban J connectivity index is 1.87. The van der Waals surface area contributed by atoms with Gasteiger partial charge in [-0.15, -0.1) is 0 Å². The molecule has 4 heteroatoms. The zero-order valence-corrected chi connectivity index (χ0v) is 11.9. The van der Waals surface area contributed by atoms with Crippen molar-refractivity contribution >= 4 is 17.3 Å². The summed E-state index contributed by atoms with van der Waals surface area (Å²) in [6, 6.07) is 10.7. The van der Waals surface area contributed by atoms with Gasteiger partial charge in [-0.05, 0) is 54.3 Å². The number of ether oxygens (including phenoxy) is 1. The lowest BCUT2D eigenvalue weighted by Gasteiger charge is -2.17. The van der Waals surface area contributed by atoms with Crippen LogP contribution in [0, 0.1) is 5.82 Å². The fraction of sp³-hybridized carbons (Fsp3) is 0.250. The minimum Gasteiger partial charge on any atom is -0.497 e. The zero-order valence-electron chi connectivity index (χ0n) is 11.1. The first-order valence-electron chi connectivity index (χ1n) is 6.56. The van der Waals surface area contributed by atoms with Crippen LogP contribution in [0.2, 0.25) is 5.02 Å². The monoisotopic (exact) mass is 291 g/mol. The van der Waals surface area contributed by atoms with E-state index in [0.29, 0.717) is 5.02 Å². The summed E-state index contributed by atoms with van der Waals surface area (Å²) in [5, 5.41) is 3.79. The van der Waals surface area contributed by atoms with Crippen LogP contribution in [0.3, 0.4) is 0 Å². The number of benzene rings is 2. The Morgan fingerprint density at radius 1 is 1.25 bits per heavy atom. The molecule has 2 aromatic carbocycles. The maximum absolute atomic E-state index is 13.1. The molecule has 3 rings (SSSR count). The number of methoxy groups -OCH3 is 1. The van der Waals surface area contributed by atoms with Gasteiger partial charge in [-0.2, -0.15) is 0 Å². The fourth-order valence-corrected chi connectivity index (χ4v) is 2.87. The summed E-state index contributed by atoms with van der Waals surface area (Å²) in [4.78, 5) is 0. The number of hydrogen-bond donors (Lipinski definition) is 1. The van der Waals surface area contributed by atoms with Gasteiger partial charge in [-0.3, -0.25) is 0 Å². The molecule has 0 saturated heterocycles. The summed E-state index contributed by atoms with van der Waals surface area (Å²) >= 11 is 6.07. The molecule has 1 N–H and O–H groups in total. The fourth-order valence-electron chi connectivity index (χ4n) is 2.65. The second kappa shape index (κ2) is 5.33. The predicted molar refractivity (Wildman–Crippen MR) is 79.1 cm³/mol. The maximum Gasteiger partial charge on any atom is 0.124 e. The van der Waals surface area contributed by atoms with Gasteiger partial charge in [-0.1, -0.05) is 17.7 Å². The molecule has 1 atom stereocenters. The number of aryl methyl sites for hydroxylation is 1. The van der Waals surface area contributed by atoms with Crippen LogP contribution < -0.4 is 10.1 Å². The van der Waals surface area contributed by atoms with E-state index in [9.17, 15) is 4.39 Å². The van der Waals surface area contributed by atoms with Crippen LogP contribution in [0.25, 0.3) is 0 Å². The van der Waals surface area contributed by atoms with Crippen molar-refractivity contribution < 1.29 is 9.13 Å². The molecule has 104 valence electrons. The average Bonchev–Trinajstić information content (AvgIpc) is 2.84. The van der Waals surface area contributed by atoms with E-state index in [0.717, 1.165) is 24.3 Å². The molecule has 1 unspecified atom stereocenters. The van der Waals surface area contributed by atoms with Crippen molar-refractivity contribution in [3.8, 4) is 5.75 Å². The SMILES string of the molecule is COc1ccc2c(c1)C(Nc1ccc(F)cc1Cl)CC2. The summed E-state index contributed by atoms with van der Waals surface area (Å²) in [6.07, 6.45) is 2.02. The number of halogens is 2. The number of nitrogens with one attached hydrogen (secondary N) is 1. The lowest BCUT2D eigenvalue weighted by atomic mass is 10.1. The lowest BCUT2D eigenvalue weighted by Crippen LogP contribution is -2.07. The van der Waals surface area contributed by atoms with Gasteiger partial charge in [0.15, 0.2) is 0 Å². The Morgan fingerprint density at radius 3 is 2.85 bits per heavy atom. The molecule has 2 nitrogen and oxygen atoms in total. The highest BCUT2D eigenvalue weighted by molar-refractivity contribution is 6.33. The molecule has 0 heterocycles. The molecule has 0 aliphatic heterocycles. The normalized spacial score (nSPS) is 16.9. The van der Waals surface area contributed by atoms with E-state index in [4.69, 9.17) is 16.3 Å². The van der Waals surface area contributed by atoms with Crippen LogP contribution in [-0.2, 0) is 6.42 Å². The van der Waals surface area contributed by atoms with Gasteiger partial charge in [0.2, 0.25) is 0 Å². The highest BCUT2D eigenvalue weighted by atomic mass is 35.5. The number of fused-ring (bicyclic) bond motifs is 1. The van der Waals surface area contributed by atoms with Crippen LogP contribution in [-0.4, -0.2) is 7.11 Å². The topological polar surface area (TPSA) is 21.3 Å². The summed E-state index contributed by atoms with van der Waals surface area (Å²) in [7, 11) is 1.66. The maximum atomic E-state index is 13.1. The van der Waals surface area contributed by atoms with Gasteiger partial charge in [0, 0.05) is 0 Å². The first kappa shape index (κ1) is 13.3. The number of anilines is 1. The van der Waals surface area contributed by atoms with Gasteiger partial charge in [0.25, 0.3) is 0 Å². The van der Waals surface area contributed by atoms with Crippen LogP contribution in [0.1, 0.15) is 23.6 Å². The summed E-state index contributed by atoms with van der Waals surface area (Å²) in [5.41, 5.74) is 3.31. The molecule has 0 amide bonds. The van der Waals surface area contributed by atoms with Crippen molar-refractivity contribution in [3.05, 3.63) is 58.4 Å². The number of hydrogen-bond acceptors (Lipinski definition) is 2. The number of rotatable bonds is 3. The molecular weight excluding hydrogens is 277 g/mol. The van der Waals surface area contributed by atoms with E-state index in [-0.39, 0.29) is 11.9 Å². The molecule has 2 aromatic rings. The van der Waals surface area contributed by atoms with Crippen molar-refractivity contribution in [1.82, 2.24) is 0 Å². The molecule has 1 aliphatic carbocycles. The van der Waals surface area contributed by atoms with Crippen LogP contribution >= 0.6 is 11.6 Å². The Bertz CT molecular complexity index is 644. The Kier molecular flexibility index (Phi) is 3.53. The second-order valence-corrected chi connectivity index (χ2v) is 5.33.